The van der Waals surface area contributed by atoms with E-state index in [0.717, 1.165) is 10.5 Å². The van der Waals surface area contributed by atoms with Crippen LogP contribution in [0.15, 0.2) is 42.5 Å². The Labute approximate surface area is 147 Å². The van der Waals surface area contributed by atoms with Crippen molar-refractivity contribution in [2.75, 3.05) is 11.4 Å². The zero-order valence-corrected chi connectivity index (χ0v) is 14.6. The minimum atomic E-state index is -0.505. The zero-order chi connectivity index (χ0) is 18.4. The number of carbonyl (C=O) groups excluding carboxylic acids is 3. The molecule has 132 valence electrons. The van der Waals surface area contributed by atoms with Crippen molar-refractivity contribution in [3.05, 3.63) is 48.1 Å². The number of alkyl carbamates (subject to hydrolysis) is 1. The molecule has 0 spiro atoms. The number of hydrogen-bond acceptors (Lipinski definition) is 4. The van der Waals surface area contributed by atoms with Crippen LogP contribution >= 0.6 is 0 Å². The Morgan fingerprint density at radius 1 is 1.12 bits per heavy atom. The fraction of sp³-hybridized carbons (Fsp3) is 0.316. The predicted molar refractivity (Wildman–Crippen MR) is 96.0 cm³/mol. The van der Waals surface area contributed by atoms with Crippen LogP contribution in [0.5, 0.6) is 0 Å². The molecule has 1 aromatic rings. The lowest BCUT2D eigenvalue weighted by Gasteiger charge is -2.19. The molecular formula is C19H22N2O4. The molecule has 1 heterocycles. The summed E-state index contributed by atoms with van der Waals surface area (Å²) in [6.45, 7) is 5.92. The van der Waals surface area contributed by atoms with E-state index in [1.807, 2.05) is 45.1 Å². The molecule has 0 aliphatic carbocycles. The van der Waals surface area contributed by atoms with Gasteiger partial charge in [-0.25, -0.2) is 9.69 Å². The summed E-state index contributed by atoms with van der Waals surface area (Å²) in [4.78, 5) is 35.8. The molecule has 0 unspecified atom stereocenters. The maximum atomic E-state index is 11.6. The first kappa shape index (κ1) is 18.4. The minimum absolute atomic E-state index is 0.332. The number of ether oxygens (including phenoxy) is 1. The normalized spacial score (nSPS) is 14.4. The number of benzene rings is 1. The van der Waals surface area contributed by atoms with Gasteiger partial charge in [-0.1, -0.05) is 24.3 Å². The molecule has 0 radical (unpaired) electrons. The average Bonchev–Trinajstić information content (AvgIpc) is 2.85. The maximum absolute atomic E-state index is 11.6. The Bertz CT molecular complexity index is 694. The molecule has 0 saturated heterocycles. The van der Waals surface area contributed by atoms with Crippen molar-refractivity contribution in [2.24, 2.45) is 0 Å². The van der Waals surface area contributed by atoms with Crippen LogP contribution in [0.2, 0.25) is 0 Å². The van der Waals surface area contributed by atoms with E-state index in [0.29, 0.717) is 18.7 Å². The average molecular weight is 342 g/mol. The van der Waals surface area contributed by atoms with Gasteiger partial charge in [-0.3, -0.25) is 9.59 Å². The van der Waals surface area contributed by atoms with Crippen LogP contribution < -0.4 is 10.2 Å². The zero-order valence-electron chi connectivity index (χ0n) is 14.6. The third-order valence-corrected chi connectivity index (χ3v) is 3.25. The van der Waals surface area contributed by atoms with Crippen LogP contribution in [0.1, 0.15) is 32.8 Å². The van der Waals surface area contributed by atoms with Crippen molar-refractivity contribution < 1.29 is 19.1 Å². The number of nitrogens with one attached hydrogen (secondary N) is 1. The van der Waals surface area contributed by atoms with Crippen LogP contribution in [-0.2, 0) is 14.3 Å². The van der Waals surface area contributed by atoms with Crippen molar-refractivity contribution in [2.45, 2.75) is 32.8 Å². The topological polar surface area (TPSA) is 75.7 Å². The second kappa shape index (κ2) is 7.79. The quantitative estimate of drug-likeness (QED) is 0.659. The molecule has 0 saturated carbocycles. The summed E-state index contributed by atoms with van der Waals surface area (Å²) in [5, 5.41) is 2.68. The van der Waals surface area contributed by atoms with Crippen molar-refractivity contribution >= 4 is 29.7 Å². The number of nitrogens with zero attached hydrogens (tertiary/aromatic N) is 1. The molecule has 6 heteroatoms. The molecule has 1 aliphatic rings. The van der Waals surface area contributed by atoms with Gasteiger partial charge in [-0.2, -0.15) is 0 Å². The van der Waals surface area contributed by atoms with Crippen molar-refractivity contribution in [1.29, 1.82) is 0 Å². The second-order valence-electron chi connectivity index (χ2n) is 6.56. The van der Waals surface area contributed by atoms with Crippen LogP contribution in [0.3, 0.4) is 0 Å². The molecule has 0 fully saturated rings. The number of hydrogen-bond donors (Lipinski definition) is 1. The summed E-state index contributed by atoms with van der Waals surface area (Å²) < 4.78 is 5.14. The molecule has 1 aliphatic heterocycles. The van der Waals surface area contributed by atoms with E-state index >= 15 is 0 Å². The lowest BCUT2D eigenvalue weighted by Crippen LogP contribution is -2.32. The van der Waals surface area contributed by atoms with E-state index < -0.39 is 11.7 Å². The van der Waals surface area contributed by atoms with E-state index in [1.54, 1.807) is 12.1 Å². The SMILES string of the molecule is CC(C)(C)OC(=O)NCCC=Cc1ccc(N2C(=O)C=CC2=O)cc1. The minimum Gasteiger partial charge on any atom is -0.444 e. The fourth-order valence-corrected chi connectivity index (χ4v) is 2.18. The molecule has 2 rings (SSSR count). The van der Waals surface area contributed by atoms with E-state index in [4.69, 9.17) is 4.74 Å². The van der Waals surface area contributed by atoms with Gasteiger partial charge in [-0.15, -0.1) is 0 Å². The Balaban J connectivity index is 1.79. The Hall–Kier alpha value is -2.89. The second-order valence-corrected chi connectivity index (χ2v) is 6.56. The van der Waals surface area contributed by atoms with Crippen LogP contribution in [-0.4, -0.2) is 30.1 Å². The molecule has 6 nitrogen and oxygen atoms in total. The van der Waals surface area contributed by atoms with Gasteiger partial charge in [-0.05, 0) is 44.9 Å². The van der Waals surface area contributed by atoms with Gasteiger partial charge in [0.15, 0.2) is 0 Å². The standard InChI is InChI=1S/C19H22N2O4/c1-19(2,3)25-18(24)20-13-5-4-6-14-7-9-15(10-8-14)21-16(22)11-12-17(21)23/h4,6-12H,5,13H2,1-3H3,(H,20,24). The number of rotatable bonds is 5. The van der Waals surface area contributed by atoms with E-state index in [-0.39, 0.29) is 11.8 Å². The summed E-state index contributed by atoms with van der Waals surface area (Å²) in [6, 6.07) is 7.10. The molecule has 25 heavy (non-hydrogen) atoms. The smallest absolute Gasteiger partial charge is 0.407 e. The summed E-state index contributed by atoms with van der Waals surface area (Å²) in [6.07, 6.45) is 6.58. The van der Waals surface area contributed by atoms with Gasteiger partial charge in [0, 0.05) is 18.7 Å². The van der Waals surface area contributed by atoms with Gasteiger partial charge in [0.2, 0.25) is 0 Å². The fourth-order valence-electron chi connectivity index (χ4n) is 2.18. The number of amides is 3. The van der Waals surface area contributed by atoms with Crippen LogP contribution in [0, 0.1) is 0 Å². The van der Waals surface area contributed by atoms with E-state index in [2.05, 4.69) is 5.32 Å². The Morgan fingerprint density at radius 3 is 2.28 bits per heavy atom. The van der Waals surface area contributed by atoms with E-state index in [9.17, 15) is 14.4 Å². The third kappa shape index (κ3) is 5.60. The van der Waals surface area contributed by atoms with Gasteiger partial charge in [0.1, 0.15) is 5.60 Å². The molecular weight excluding hydrogens is 320 g/mol. The molecule has 0 aromatic heterocycles. The van der Waals surface area contributed by atoms with Gasteiger partial charge >= 0.3 is 6.09 Å². The summed E-state index contributed by atoms with van der Waals surface area (Å²) in [5.41, 5.74) is 0.978. The first-order valence-corrected chi connectivity index (χ1v) is 8.06. The Morgan fingerprint density at radius 2 is 1.72 bits per heavy atom. The molecule has 3 amide bonds. The van der Waals surface area contributed by atoms with Crippen molar-refractivity contribution in [3.8, 4) is 0 Å². The van der Waals surface area contributed by atoms with Crippen LogP contribution in [0.4, 0.5) is 10.5 Å². The van der Waals surface area contributed by atoms with Gasteiger partial charge < -0.3 is 10.1 Å². The summed E-state index contributed by atoms with van der Waals surface area (Å²) in [7, 11) is 0. The van der Waals surface area contributed by atoms with E-state index in [1.165, 1.54) is 12.2 Å². The predicted octanol–water partition coefficient (Wildman–Crippen LogP) is 3.04. The summed E-state index contributed by atoms with van der Waals surface area (Å²) >= 11 is 0. The monoisotopic (exact) mass is 342 g/mol. The molecule has 1 N–H and O–H groups in total. The number of carbonyl (C=O) groups is 3. The highest BCUT2D eigenvalue weighted by Crippen LogP contribution is 2.20. The Kier molecular flexibility index (Phi) is 5.75. The van der Waals surface area contributed by atoms with Crippen molar-refractivity contribution in [3.63, 3.8) is 0 Å². The third-order valence-electron chi connectivity index (χ3n) is 3.25. The maximum Gasteiger partial charge on any atom is 0.407 e. The van der Waals surface area contributed by atoms with Gasteiger partial charge in [0.05, 0.1) is 5.69 Å². The summed E-state index contributed by atoms with van der Waals surface area (Å²) in [5.74, 6) is -0.664. The first-order chi connectivity index (χ1) is 11.8. The van der Waals surface area contributed by atoms with Gasteiger partial charge in [0.25, 0.3) is 11.8 Å². The largest absolute Gasteiger partial charge is 0.444 e. The molecule has 0 atom stereocenters. The number of anilines is 1. The van der Waals surface area contributed by atoms with Crippen LogP contribution in [0.25, 0.3) is 6.08 Å². The first-order valence-electron chi connectivity index (χ1n) is 8.06. The highest BCUT2D eigenvalue weighted by Gasteiger charge is 2.24. The van der Waals surface area contributed by atoms with Crippen molar-refractivity contribution in [1.82, 2.24) is 5.32 Å². The number of imide groups is 1. The molecule has 0 bridgehead atoms. The highest BCUT2D eigenvalue weighted by atomic mass is 16.6. The highest BCUT2D eigenvalue weighted by molar-refractivity contribution is 6.28. The lowest BCUT2D eigenvalue weighted by molar-refractivity contribution is -0.119. The molecule has 1 aromatic carbocycles. The lowest BCUT2D eigenvalue weighted by atomic mass is 10.1.